The number of allylic oxidation sites excluding steroid dienone is 2. The highest BCUT2D eigenvalue weighted by Crippen LogP contribution is 2.43. The lowest BCUT2D eigenvalue weighted by Gasteiger charge is -2.29. The molecule has 0 unspecified atom stereocenters. The molecule has 1 heterocycles. The summed E-state index contributed by atoms with van der Waals surface area (Å²) in [5.41, 5.74) is 1.20. The number of hydrogen-bond donors (Lipinski definition) is 2. The van der Waals surface area contributed by atoms with Crippen LogP contribution in [0.4, 0.5) is 11.4 Å². The number of halogens is 1. The van der Waals surface area contributed by atoms with E-state index in [4.69, 9.17) is 21.1 Å². The number of anilines is 1. The molecule has 1 amide bonds. The first kappa shape index (κ1) is 27.7. The molecule has 0 aromatic heterocycles. The lowest BCUT2D eigenvalue weighted by molar-refractivity contribution is -0.383. The van der Waals surface area contributed by atoms with E-state index >= 15 is 0 Å². The molecule has 3 rings (SSSR count). The number of ether oxygens (including phenoxy) is 2. The van der Waals surface area contributed by atoms with Crippen LogP contribution in [0.2, 0.25) is 5.02 Å². The second kappa shape index (κ2) is 12.9. The van der Waals surface area contributed by atoms with Crippen LogP contribution >= 0.6 is 23.4 Å². The zero-order valence-corrected chi connectivity index (χ0v) is 21.5. The molecule has 37 heavy (non-hydrogen) atoms. The molecule has 2 aromatic rings. The maximum absolute atomic E-state index is 13.0. The second-order valence-electron chi connectivity index (χ2n) is 7.71. The van der Waals surface area contributed by atoms with E-state index in [1.165, 1.54) is 25.3 Å². The van der Waals surface area contributed by atoms with Gasteiger partial charge in [-0.15, -0.1) is 0 Å². The van der Waals surface area contributed by atoms with Gasteiger partial charge >= 0.3 is 5.97 Å². The lowest BCUT2D eigenvalue weighted by Crippen LogP contribution is -2.30. The maximum atomic E-state index is 13.0. The van der Waals surface area contributed by atoms with Crippen LogP contribution < -0.4 is 10.6 Å². The number of esters is 1. The van der Waals surface area contributed by atoms with E-state index in [9.17, 15) is 25.0 Å². The first-order valence-electron chi connectivity index (χ1n) is 11.0. The summed E-state index contributed by atoms with van der Waals surface area (Å²) in [6.07, 6.45) is 0. The van der Waals surface area contributed by atoms with Crippen molar-refractivity contribution >= 4 is 46.6 Å². The fraction of sp³-hybridized carbons (Fsp3) is 0.240. The predicted octanol–water partition coefficient (Wildman–Crippen LogP) is 4.51. The zero-order chi connectivity index (χ0) is 26.9. The van der Waals surface area contributed by atoms with Gasteiger partial charge < -0.3 is 20.1 Å². The number of amides is 1. The lowest BCUT2D eigenvalue weighted by atomic mass is 9.82. The Bertz CT molecular complexity index is 1320. The average molecular weight is 543 g/mol. The number of nitrogens with zero attached hydrogens (tertiary/aromatic N) is 2. The van der Waals surface area contributed by atoms with E-state index < -0.39 is 22.7 Å². The predicted molar refractivity (Wildman–Crippen MR) is 140 cm³/mol. The Kier molecular flexibility index (Phi) is 9.68. The third-order valence-electron chi connectivity index (χ3n) is 5.33. The highest BCUT2D eigenvalue weighted by Gasteiger charge is 2.36. The summed E-state index contributed by atoms with van der Waals surface area (Å²) in [5, 5.41) is 27.6. The van der Waals surface area contributed by atoms with Gasteiger partial charge in [-0.2, -0.15) is 5.26 Å². The van der Waals surface area contributed by atoms with Gasteiger partial charge in [0.1, 0.15) is 12.3 Å². The second-order valence-corrected chi connectivity index (χ2v) is 9.11. The summed E-state index contributed by atoms with van der Waals surface area (Å²) >= 11 is 7.49. The van der Waals surface area contributed by atoms with Crippen molar-refractivity contribution in [3.63, 3.8) is 0 Å². The highest BCUT2D eigenvalue weighted by atomic mass is 35.5. The van der Waals surface area contributed by atoms with Gasteiger partial charge in [0.25, 0.3) is 5.69 Å². The molecule has 0 radical (unpaired) electrons. The van der Waals surface area contributed by atoms with Gasteiger partial charge in [-0.25, -0.2) is 4.79 Å². The molecule has 12 heteroatoms. The minimum atomic E-state index is -0.837. The summed E-state index contributed by atoms with van der Waals surface area (Å²) in [5.74, 6) is -2.13. The number of carbonyl (C=O) groups excluding carboxylic acids is 2. The average Bonchev–Trinajstić information content (AvgIpc) is 2.87. The van der Waals surface area contributed by atoms with Gasteiger partial charge in [0.15, 0.2) is 0 Å². The molecule has 0 saturated carbocycles. The smallest absolute Gasteiger partial charge is 0.336 e. The molecule has 0 saturated heterocycles. The molecule has 0 aliphatic carbocycles. The van der Waals surface area contributed by atoms with Crippen LogP contribution in [-0.2, 0) is 19.1 Å². The van der Waals surface area contributed by atoms with E-state index in [1.54, 1.807) is 37.3 Å². The highest BCUT2D eigenvalue weighted by molar-refractivity contribution is 8.03. The third kappa shape index (κ3) is 6.68. The van der Waals surface area contributed by atoms with Crippen molar-refractivity contribution in [1.82, 2.24) is 5.32 Å². The molecular formula is C25H23ClN4O6S. The van der Waals surface area contributed by atoms with Crippen LogP contribution in [0, 0.1) is 21.4 Å². The van der Waals surface area contributed by atoms with Crippen molar-refractivity contribution in [3.05, 3.63) is 91.1 Å². The van der Waals surface area contributed by atoms with E-state index in [1.807, 2.05) is 0 Å². The third-order valence-corrected chi connectivity index (χ3v) is 6.69. The number of nitrogens with one attached hydrogen (secondary N) is 2. The molecule has 1 aliphatic rings. The number of para-hydroxylation sites is 2. The molecular weight excluding hydrogens is 520 g/mol. The molecule has 0 spiro atoms. The normalized spacial score (nSPS) is 15.0. The van der Waals surface area contributed by atoms with Gasteiger partial charge in [0.2, 0.25) is 5.91 Å². The molecule has 1 atom stereocenters. The van der Waals surface area contributed by atoms with Crippen LogP contribution in [-0.4, -0.2) is 42.9 Å². The van der Waals surface area contributed by atoms with E-state index in [-0.39, 0.29) is 41.5 Å². The standard InChI is InChI=1S/C25H23ClN4O6S/c1-15-22(25(32)36-12-11-35-2)23(16-7-3-4-8-18(16)26)17(13-27)24(28-15)37-14-21(31)29-19-9-5-6-10-20(19)30(33)34/h3-10,23,28H,11-12,14H2,1-2H3,(H,29,31)/t23-/m0/s1. The minimum absolute atomic E-state index is 0.0281. The maximum Gasteiger partial charge on any atom is 0.336 e. The van der Waals surface area contributed by atoms with Crippen LogP contribution in [0.25, 0.3) is 0 Å². The molecule has 10 nitrogen and oxygen atoms in total. The van der Waals surface area contributed by atoms with Crippen molar-refractivity contribution in [3.8, 4) is 6.07 Å². The number of dihydropyridines is 1. The number of nitro benzene ring substituents is 1. The molecule has 2 aromatic carbocycles. The van der Waals surface area contributed by atoms with Gasteiger partial charge in [-0.1, -0.05) is 53.7 Å². The molecule has 1 aliphatic heterocycles. The number of benzene rings is 2. The summed E-state index contributed by atoms with van der Waals surface area (Å²) in [6, 6.07) is 14.8. The SMILES string of the molecule is COCCOC(=O)C1=C(C)NC(SCC(=O)Nc2ccccc2[N+](=O)[O-])=C(C#N)[C@@H]1c1ccccc1Cl. The number of carbonyl (C=O) groups is 2. The van der Waals surface area contributed by atoms with Gasteiger partial charge in [0.05, 0.1) is 45.4 Å². The first-order chi connectivity index (χ1) is 17.8. The van der Waals surface area contributed by atoms with Gasteiger partial charge in [0, 0.05) is 23.9 Å². The topological polar surface area (TPSA) is 144 Å². The van der Waals surface area contributed by atoms with Crippen LogP contribution in [0.1, 0.15) is 18.4 Å². The van der Waals surface area contributed by atoms with Crippen molar-refractivity contribution in [2.75, 3.05) is 31.4 Å². The monoisotopic (exact) mass is 542 g/mol. The molecule has 0 fully saturated rings. The Labute approximate surface area is 222 Å². The fourth-order valence-electron chi connectivity index (χ4n) is 3.68. The van der Waals surface area contributed by atoms with Crippen molar-refractivity contribution in [2.45, 2.75) is 12.8 Å². The fourth-order valence-corrected chi connectivity index (χ4v) is 4.81. The van der Waals surface area contributed by atoms with Crippen LogP contribution in [0.5, 0.6) is 0 Å². The summed E-state index contributed by atoms with van der Waals surface area (Å²) in [4.78, 5) is 36.3. The Morgan fingerprint density at radius 2 is 1.92 bits per heavy atom. The minimum Gasteiger partial charge on any atom is -0.460 e. The number of nitro groups is 1. The number of rotatable bonds is 10. The van der Waals surface area contributed by atoms with Crippen molar-refractivity contribution in [1.29, 1.82) is 5.26 Å². The van der Waals surface area contributed by atoms with E-state index in [0.717, 1.165) is 11.8 Å². The largest absolute Gasteiger partial charge is 0.460 e. The Balaban J connectivity index is 1.90. The number of nitriles is 1. The van der Waals surface area contributed by atoms with Crippen molar-refractivity contribution < 1.29 is 24.0 Å². The van der Waals surface area contributed by atoms with E-state index in [0.29, 0.717) is 21.3 Å². The first-order valence-corrected chi connectivity index (χ1v) is 12.3. The summed E-state index contributed by atoms with van der Waals surface area (Å²) in [7, 11) is 1.49. The Morgan fingerprint density at radius 1 is 1.22 bits per heavy atom. The van der Waals surface area contributed by atoms with Gasteiger partial charge in [-0.3, -0.25) is 14.9 Å². The number of hydrogen-bond acceptors (Lipinski definition) is 9. The Hall–Kier alpha value is -3.85. The van der Waals surface area contributed by atoms with Crippen LogP contribution in [0.3, 0.4) is 0 Å². The summed E-state index contributed by atoms with van der Waals surface area (Å²) < 4.78 is 10.3. The van der Waals surface area contributed by atoms with Crippen molar-refractivity contribution in [2.24, 2.45) is 0 Å². The number of methoxy groups -OCH3 is 1. The zero-order valence-electron chi connectivity index (χ0n) is 19.9. The molecule has 2 N–H and O–H groups in total. The quantitative estimate of drug-likeness (QED) is 0.192. The number of thioether (sulfide) groups is 1. The molecule has 0 bridgehead atoms. The van der Waals surface area contributed by atoms with Crippen LogP contribution in [0.15, 0.2) is 70.4 Å². The molecule has 192 valence electrons. The Morgan fingerprint density at radius 3 is 2.59 bits per heavy atom. The summed E-state index contributed by atoms with van der Waals surface area (Å²) in [6.45, 7) is 1.90. The van der Waals surface area contributed by atoms with Gasteiger partial charge in [-0.05, 0) is 24.6 Å². The van der Waals surface area contributed by atoms with E-state index in [2.05, 4.69) is 16.7 Å².